The largest absolute Gasteiger partial charge is 0.416 e. The van der Waals surface area contributed by atoms with Crippen LogP contribution in [0.5, 0.6) is 0 Å². The van der Waals surface area contributed by atoms with Gasteiger partial charge in [-0.1, -0.05) is 6.07 Å². The Balaban J connectivity index is 2.09. The van der Waals surface area contributed by atoms with E-state index >= 15 is 0 Å². The fourth-order valence-corrected chi connectivity index (χ4v) is 2.45. The maximum absolute atomic E-state index is 12.8. The van der Waals surface area contributed by atoms with Crippen molar-refractivity contribution < 1.29 is 22.7 Å². The van der Waals surface area contributed by atoms with Gasteiger partial charge < -0.3 is 15.4 Å². The molecule has 1 aliphatic rings. The Morgan fingerprint density at radius 1 is 1.30 bits per heavy atom. The fourth-order valence-electron chi connectivity index (χ4n) is 2.45. The second kappa shape index (κ2) is 7.65. The molecule has 2 N–H and O–H groups in total. The van der Waals surface area contributed by atoms with Crippen molar-refractivity contribution in [1.29, 1.82) is 0 Å². The van der Waals surface area contributed by atoms with Crippen LogP contribution in [0.1, 0.15) is 5.56 Å². The first-order chi connectivity index (χ1) is 10.9. The normalized spacial score (nSPS) is 16.3. The zero-order valence-electron chi connectivity index (χ0n) is 12.7. The van der Waals surface area contributed by atoms with Gasteiger partial charge in [-0.3, -0.25) is 9.69 Å². The molecule has 0 aromatic heterocycles. The average molecular weight is 331 g/mol. The number of halogens is 3. The minimum absolute atomic E-state index is 0.119. The maximum atomic E-state index is 12.8. The predicted molar refractivity (Wildman–Crippen MR) is 80.1 cm³/mol. The molecule has 2 rings (SSSR count). The van der Waals surface area contributed by atoms with Crippen molar-refractivity contribution >= 4 is 11.6 Å². The van der Waals surface area contributed by atoms with Crippen LogP contribution in [0.15, 0.2) is 24.3 Å². The number of nitrogens with zero attached hydrogens (tertiary/aromatic N) is 2. The van der Waals surface area contributed by atoms with Gasteiger partial charge in [0.25, 0.3) is 0 Å². The van der Waals surface area contributed by atoms with E-state index in [4.69, 9.17) is 10.5 Å². The van der Waals surface area contributed by atoms with Crippen molar-refractivity contribution in [1.82, 2.24) is 4.90 Å². The van der Waals surface area contributed by atoms with E-state index in [0.717, 1.165) is 25.2 Å². The van der Waals surface area contributed by atoms with Crippen LogP contribution in [0.4, 0.5) is 18.9 Å². The molecule has 0 atom stereocenters. The Labute approximate surface area is 132 Å². The molecule has 5 nitrogen and oxygen atoms in total. The third-order valence-electron chi connectivity index (χ3n) is 3.68. The third kappa shape index (κ3) is 5.40. The smallest absolute Gasteiger partial charge is 0.379 e. The molecule has 1 heterocycles. The van der Waals surface area contributed by atoms with E-state index < -0.39 is 17.6 Å². The van der Waals surface area contributed by atoms with Gasteiger partial charge in [-0.25, -0.2) is 0 Å². The molecule has 1 fully saturated rings. The topological polar surface area (TPSA) is 58.8 Å². The molecule has 23 heavy (non-hydrogen) atoms. The van der Waals surface area contributed by atoms with Gasteiger partial charge >= 0.3 is 6.18 Å². The highest BCUT2D eigenvalue weighted by Gasteiger charge is 2.31. The lowest BCUT2D eigenvalue weighted by Crippen LogP contribution is -2.43. The van der Waals surface area contributed by atoms with E-state index in [2.05, 4.69) is 4.90 Å². The van der Waals surface area contributed by atoms with Crippen LogP contribution in [0.2, 0.25) is 0 Å². The molecular formula is C15H20F3N3O2. The lowest BCUT2D eigenvalue weighted by molar-refractivity contribution is -0.137. The molecule has 1 aliphatic heterocycles. The first-order valence-electron chi connectivity index (χ1n) is 7.37. The number of primary amides is 1. The molecule has 1 aromatic rings. The quantitative estimate of drug-likeness (QED) is 0.854. The van der Waals surface area contributed by atoms with Crippen molar-refractivity contribution in [2.24, 2.45) is 5.73 Å². The van der Waals surface area contributed by atoms with Crippen molar-refractivity contribution in [2.45, 2.75) is 6.18 Å². The first kappa shape index (κ1) is 17.6. The van der Waals surface area contributed by atoms with Gasteiger partial charge in [0.1, 0.15) is 0 Å². The Morgan fingerprint density at radius 2 is 2.00 bits per heavy atom. The molecule has 0 bridgehead atoms. The molecule has 0 radical (unpaired) electrons. The molecule has 0 spiro atoms. The van der Waals surface area contributed by atoms with Crippen LogP contribution in [-0.4, -0.2) is 56.7 Å². The lowest BCUT2D eigenvalue weighted by Gasteiger charge is -2.30. The lowest BCUT2D eigenvalue weighted by atomic mass is 10.1. The van der Waals surface area contributed by atoms with Gasteiger partial charge in [-0.05, 0) is 18.2 Å². The van der Waals surface area contributed by atoms with Crippen molar-refractivity contribution in [3.63, 3.8) is 0 Å². The highest BCUT2D eigenvalue weighted by atomic mass is 19.4. The average Bonchev–Trinajstić information content (AvgIpc) is 2.51. The summed E-state index contributed by atoms with van der Waals surface area (Å²) in [6.45, 7) is 3.75. The summed E-state index contributed by atoms with van der Waals surface area (Å²) in [5, 5.41) is 0. The number of nitrogens with two attached hydrogens (primary N) is 1. The SMILES string of the molecule is NC(=O)CN(CCN1CCOCC1)c1cccc(C(F)(F)F)c1. The van der Waals surface area contributed by atoms with Crippen LogP contribution in [0.25, 0.3) is 0 Å². The number of hydrogen-bond donors (Lipinski definition) is 1. The molecule has 0 saturated carbocycles. The number of anilines is 1. The van der Waals surface area contributed by atoms with Gasteiger partial charge in [-0.15, -0.1) is 0 Å². The molecule has 1 saturated heterocycles. The van der Waals surface area contributed by atoms with Crippen LogP contribution in [-0.2, 0) is 15.7 Å². The van der Waals surface area contributed by atoms with Gasteiger partial charge in [0.15, 0.2) is 0 Å². The fraction of sp³-hybridized carbons (Fsp3) is 0.533. The number of alkyl halides is 3. The van der Waals surface area contributed by atoms with Crippen molar-refractivity contribution in [3.05, 3.63) is 29.8 Å². The van der Waals surface area contributed by atoms with Gasteiger partial charge in [0.2, 0.25) is 5.91 Å². The number of ether oxygens (including phenoxy) is 1. The number of rotatable bonds is 6. The standard InChI is InChI=1S/C15H20F3N3O2/c16-15(17,18)12-2-1-3-13(10-12)21(11-14(19)22)5-4-20-6-8-23-9-7-20/h1-3,10H,4-9,11H2,(H2,19,22). The van der Waals surface area contributed by atoms with Gasteiger partial charge in [0.05, 0.1) is 25.3 Å². The summed E-state index contributed by atoms with van der Waals surface area (Å²) in [5.74, 6) is -0.579. The third-order valence-corrected chi connectivity index (χ3v) is 3.68. The highest BCUT2D eigenvalue weighted by Crippen LogP contribution is 2.31. The molecule has 0 aliphatic carbocycles. The zero-order valence-corrected chi connectivity index (χ0v) is 12.7. The highest BCUT2D eigenvalue weighted by molar-refractivity contribution is 5.79. The summed E-state index contributed by atoms with van der Waals surface area (Å²) in [7, 11) is 0. The summed E-state index contributed by atoms with van der Waals surface area (Å²) in [5.41, 5.74) is 4.83. The second-order valence-corrected chi connectivity index (χ2v) is 5.39. The minimum Gasteiger partial charge on any atom is -0.379 e. The first-order valence-corrected chi connectivity index (χ1v) is 7.37. The van der Waals surface area contributed by atoms with Gasteiger partial charge in [-0.2, -0.15) is 13.2 Å². The van der Waals surface area contributed by atoms with Gasteiger partial charge in [0, 0.05) is 31.9 Å². The number of carbonyl (C=O) groups excluding carboxylic acids is 1. The number of morpholine rings is 1. The number of benzene rings is 1. The zero-order chi connectivity index (χ0) is 16.9. The Morgan fingerprint density at radius 3 is 2.61 bits per heavy atom. The van der Waals surface area contributed by atoms with Crippen molar-refractivity contribution in [3.8, 4) is 0 Å². The number of amides is 1. The summed E-state index contributed by atoms with van der Waals surface area (Å²) < 4.78 is 43.8. The summed E-state index contributed by atoms with van der Waals surface area (Å²) in [6.07, 6.45) is -4.42. The summed E-state index contributed by atoms with van der Waals surface area (Å²) >= 11 is 0. The molecule has 8 heteroatoms. The van der Waals surface area contributed by atoms with E-state index in [1.54, 1.807) is 11.0 Å². The summed E-state index contributed by atoms with van der Waals surface area (Å²) in [6, 6.07) is 4.94. The minimum atomic E-state index is -4.42. The van der Waals surface area contributed by atoms with Crippen molar-refractivity contribution in [2.75, 3.05) is 50.8 Å². The van der Waals surface area contributed by atoms with Crippen LogP contribution >= 0.6 is 0 Å². The molecule has 128 valence electrons. The van der Waals surface area contributed by atoms with Crippen LogP contribution < -0.4 is 10.6 Å². The van der Waals surface area contributed by atoms with Crippen LogP contribution in [0, 0.1) is 0 Å². The Bertz CT molecular complexity index is 531. The van der Waals surface area contributed by atoms with E-state index in [9.17, 15) is 18.0 Å². The Kier molecular flexibility index (Phi) is 5.84. The number of hydrogen-bond acceptors (Lipinski definition) is 4. The number of carbonyl (C=O) groups is 1. The van der Waals surface area contributed by atoms with E-state index in [1.165, 1.54) is 6.07 Å². The van der Waals surface area contributed by atoms with E-state index in [-0.39, 0.29) is 6.54 Å². The van der Waals surface area contributed by atoms with E-state index in [0.29, 0.717) is 32.0 Å². The predicted octanol–water partition coefficient (Wildman–Crippen LogP) is 1.33. The maximum Gasteiger partial charge on any atom is 0.416 e. The summed E-state index contributed by atoms with van der Waals surface area (Å²) in [4.78, 5) is 15.0. The molecular weight excluding hydrogens is 311 g/mol. The second-order valence-electron chi connectivity index (χ2n) is 5.39. The van der Waals surface area contributed by atoms with E-state index in [1.807, 2.05) is 0 Å². The monoisotopic (exact) mass is 331 g/mol. The van der Waals surface area contributed by atoms with Crippen LogP contribution in [0.3, 0.4) is 0 Å². The Hall–Kier alpha value is -1.80. The molecule has 0 unspecified atom stereocenters. The molecule has 1 aromatic carbocycles. The molecule has 1 amide bonds.